The molecule has 0 saturated carbocycles. The molecular formula is C19H15FN2O3. The highest BCUT2D eigenvalue weighted by molar-refractivity contribution is 5.53. The summed E-state index contributed by atoms with van der Waals surface area (Å²) in [5.41, 5.74) is 1.61. The molecule has 0 N–H and O–H groups in total. The summed E-state index contributed by atoms with van der Waals surface area (Å²) in [7, 11) is 0. The number of halogens is 1. The third-order valence-electron chi connectivity index (χ3n) is 3.37. The van der Waals surface area contributed by atoms with E-state index in [1.807, 2.05) is 6.92 Å². The molecule has 6 heteroatoms. The number of nitriles is 1. The first-order valence-corrected chi connectivity index (χ1v) is 7.69. The van der Waals surface area contributed by atoms with E-state index in [4.69, 9.17) is 19.2 Å². The van der Waals surface area contributed by atoms with Crippen molar-refractivity contribution in [2.24, 2.45) is 0 Å². The van der Waals surface area contributed by atoms with Crippen LogP contribution in [0.3, 0.4) is 0 Å². The second kappa shape index (κ2) is 7.49. The van der Waals surface area contributed by atoms with Crippen molar-refractivity contribution in [1.29, 1.82) is 5.26 Å². The fraction of sp³-hybridized carbons (Fsp3) is 0.158. The maximum absolute atomic E-state index is 13.3. The molecule has 0 unspecified atom stereocenters. The fourth-order valence-corrected chi connectivity index (χ4v) is 2.24. The van der Waals surface area contributed by atoms with Crippen LogP contribution in [0.25, 0.3) is 11.5 Å². The lowest BCUT2D eigenvalue weighted by atomic mass is 10.2. The van der Waals surface area contributed by atoms with Crippen LogP contribution in [-0.4, -0.2) is 11.6 Å². The molecular weight excluding hydrogens is 323 g/mol. The predicted octanol–water partition coefficient (Wildman–Crippen LogP) is 4.33. The second-order valence-corrected chi connectivity index (χ2v) is 5.15. The van der Waals surface area contributed by atoms with Gasteiger partial charge in [0, 0.05) is 11.6 Å². The van der Waals surface area contributed by atoms with Crippen molar-refractivity contribution in [1.82, 2.24) is 4.98 Å². The first-order valence-electron chi connectivity index (χ1n) is 7.69. The number of nitrogens with zero attached hydrogens (tertiary/aromatic N) is 2. The van der Waals surface area contributed by atoms with Gasteiger partial charge in [0.05, 0.1) is 18.2 Å². The summed E-state index contributed by atoms with van der Waals surface area (Å²) >= 11 is 0. The Morgan fingerprint density at radius 2 is 2.04 bits per heavy atom. The molecule has 0 aliphatic heterocycles. The van der Waals surface area contributed by atoms with Crippen LogP contribution in [0.15, 0.2) is 53.1 Å². The molecule has 0 atom stereocenters. The molecule has 0 bridgehead atoms. The molecule has 0 spiro atoms. The molecule has 3 aromatic rings. The maximum Gasteiger partial charge on any atom is 0.226 e. The Labute approximate surface area is 144 Å². The van der Waals surface area contributed by atoms with Gasteiger partial charge in [-0.1, -0.05) is 6.07 Å². The van der Waals surface area contributed by atoms with Crippen LogP contribution in [0, 0.1) is 17.1 Å². The van der Waals surface area contributed by atoms with E-state index in [0.29, 0.717) is 40.8 Å². The minimum Gasteiger partial charge on any atom is -0.490 e. The number of hydrogen-bond acceptors (Lipinski definition) is 5. The molecule has 5 nitrogen and oxygen atoms in total. The number of aromatic nitrogens is 1. The fourth-order valence-electron chi connectivity index (χ4n) is 2.24. The molecule has 3 rings (SSSR count). The number of oxazole rings is 1. The third kappa shape index (κ3) is 3.96. The van der Waals surface area contributed by atoms with Crippen molar-refractivity contribution in [2.75, 3.05) is 6.61 Å². The topological polar surface area (TPSA) is 68.3 Å². The van der Waals surface area contributed by atoms with Crippen molar-refractivity contribution < 1.29 is 18.3 Å². The molecule has 25 heavy (non-hydrogen) atoms. The van der Waals surface area contributed by atoms with E-state index < -0.39 is 0 Å². The van der Waals surface area contributed by atoms with E-state index in [0.717, 1.165) is 0 Å². The summed E-state index contributed by atoms with van der Waals surface area (Å²) in [5.74, 6) is 0.974. The molecule has 0 amide bonds. The van der Waals surface area contributed by atoms with Crippen molar-refractivity contribution in [3.05, 3.63) is 65.8 Å². The predicted molar refractivity (Wildman–Crippen MR) is 88.6 cm³/mol. The van der Waals surface area contributed by atoms with Gasteiger partial charge in [-0.05, 0) is 37.3 Å². The molecule has 0 saturated heterocycles. The molecule has 0 aliphatic carbocycles. The van der Waals surface area contributed by atoms with Gasteiger partial charge in [-0.3, -0.25) is 0 Å². The first-order chi connectivity index (χ1) is 12.2. The van der Waals surface area contributed by atoms with Crippen LogP contribution in [0.2, 0.25) is 0 Å². The average molecular weight is 338 g/mol. The number of benzene rings is 2. The molecule has 0 radical (unpaired) electrons. The van der Waals surface area contributed by atoms with E-state index in [2.05, 4.69) is 11.1 Å². The maximum atomic E-state index is 13.3. The zero-order valence-corrected chi connectivity index (χ0v) is 13.5. The first kappa shape index (κ1) is 16.5. The molecule has 0 fully saturated rings. The van der Waals surface area contributed by atoms with Gasteiger partial charge in [-0.15, -0.1) is 0 Å². The average Bonchev–Trinajstić information content (AvgIpc) is 3.10. The Bertz CT molecular complexity index is 915. The van der Waals surface area contributed by atoms with Crippen molar-refractivity contribution in [2.45, 2.75) is 13.5 Å². The molecule has 2 aromatic carbocycles. The van der Waals surface area contributed by atoms with Gasteiger partial charge in [-0.25, -0.2) is 9.37 Å². The quantitative estimate of drug-likeness (QED) is 0.669. The van der Waals surface area contributed by atoms with Crippen LogP contribution in [0.5, 0.6) is 11.5 Å². The second-order valence-electron chi connectivity index (χ2n) is 5.15. The molecule has 1 heterocycles. The summed E-state index contributed by atoms with van der Waals surface area (Å²) in [5, 5.41) is 8.96. The summed E-state index contributed by atoms with van der Waals surface area (Å²) in [6, 6.07) is 13.0. The van der Waals surface area contributed by atoms with Gasteiger partial charge < -0.3 is 13.9 Å². The van der Waals surface area contributed by atoms with Gasteiger partial charge >= 0.3 is 0 Å². The Morgan fingerprint density at radius 3 is 2.80 bits per heavy atom. The lowest BCUT2D eigenvalue weighted by Gasteiger charge is -2.11. The standard InChI is InChI=1S/C19H15FN2O3/c1-2-23-18-8-13(10-21)6-7-17(18)24-11-16-12-25-19(22-16)14-4-3-5-15(20)9-14/h3-9,12H,2,11H2,1H3. The van der Waals surface area contributed by atoms with Gasteiger partial charge in [0.1, 0.15) is 24.4 Å². The molecule has 1 aromatic heterocycles. The Hall–Kier alpha value is -3.33. The summed E-state index contributed by atoms with van der Waals surface area (Å²) in [6.45, 7) is 2.47. The monoisotopic (exact) mass is 338 g/mol. The summed E-state index contributed by atoms with van der Waals surface area (Å²) in [6.07, 6.45) is 1.46. The lowest BCUT2D eigenvalue weighted by Crippen LogP contribution is -2.00. The van der Waals surface area contributed by atoms with Crippen molar-refractivity contribution >= 4 is 0 Å². The SMILES string of the molecule is CCOc1cc(C#N)ccc1OCc1coc(-c2cccc(F)c2)n1. The van der Waals surface area contributed by atoms with Crippen LogP contribution < -0.4 is 9.47 Å². The normalized spacial score (nSPS) is 10.3. The van der Waals surface area contributed by atoms with E-state index in [1.165, 1.54) is 18.4 Å². The van der Waals surface area contributed by atoms with E-state index in [-0.39, 0.29) is 12.4 Å². The van der Waals surface area contributed by atoms with E-state index in [9.17, 15) is 4.39 Å². The number of ether oxygens (including phenoxy) is 2. The Morgan fingerprint density at radius 1 is 1.16 bits per heavy atom. The minimum absolute atomic E-state index is 0.158. The number of rotatable bonds is 6. The van der Waals surface area contributed by atoms with E-state index in [1.54, 1.807) is 30.3 Å². The minimum atomic E-state index is -0.354. The van der Waals surface area contributed by atoms with Gasteiger partial charge in [0.25, 0.3) is 0 Å². The van der Waals surface area contributed by atoms with Crippen LogP contribution in [0.4, 0.5) is 4.39 Å². The van der Waals surface area contributed by atoms with Crippen LogP contribution in [-0.2, 0) is 6.61 Å². The zero-order valence-electron chi connectivity index (χ0n) is 13.5. The highest BCUT2D eigenvalue weighted by atomic mass is 19.1. The van der Waals surface area contributed by atoms with Gasteiger partial charge in [0.2, 0.25) is 5.89 Å². The van der Waals surface area contributed by atoms with Crippen molar-refractivity contribution in [3.8, 4) is 29.0 Å². The number of hydrogen-bond donors (Lipinski definition) is 0. The zero-order chi connectivity index (χ0) is 17.6. The molecule has 126 valence electrons. The Balaban J connectivity index is 1.73. The third-order valence-corrected chi connectivity index (χ3v) is 3.37. The molecule has 0 aliphatic rings. The summed E-state index contributed by atoms with van der Waals surface area (Å²) < 4.78 is 29.9. The lowest BCUT2D eigenvalue weighted by molar-refractivity contribution is 0.266. The highest BCUT2D eigenvalue weighted by Crippen LogP contribution is 2.29. The van der Waals surface area contributed by atoms with Crippen LogP contribution >= 0.6 is 0 Å². The van der Waals surface area contributed by atoms with Crippen molar-refractivity contribution in [3.63, 3.8) is 0 Å². The van der Waals surface area contributed by atoms with E-state index >= 15 is 0 Å². The largest absolute Gasteiger partial charge is 0.490 e. The highest BCUT2D eigenvalue weighted by Gasteiger charge is 2.11. The van der Waals surface area contributed by atoms with Gasteiger partial charge in [-0.2, -0.15) is 5.26 Å². The smallest absolute Gasteiger partial charge is 0.226 e. The van der Waals surface area contributed by atoms with Crippen LogP contribution in [0.1, 0.15) is 18.2 Å². The van der Waals surface area contributed by atoms with Gasteiger partial charge in [0.15, 0.2) is 11.5 Å². The summed E-state index contributed by atoms with van der Waals surface area (Å²) in [4.78, 5) is 4.29. The Kier molecular flexibility index (Phi) is 4.95.